The molecule has 0 unspecified atom stereocenters. The normalized spacial score (nSPS) is 16.0. The van der Waals surface area contributed by atoms with Crippen molar-refractivity contribution in [2.75, 3.05) is 38.7 Å². The highest BCUT2D eigenvalue weighted by molar-refractivity contribution is 5.94. The molecule has 0 aliphatic carbocycles. The Labute approximate surface area is 155 Å². The van der Waals surface area contributed by atoms with E-state index in [4.69, 9.17) is 9.47 Å². The number of fused-ring (bicyclic) bond motifs is 1. The van der Waals surface area contributed by atoms with Gasteiger partial charge in [0.1, 0.15) is 11.9 Å². The minimum atomic E-state index is -0.0495. The number of anilines is 1. The van der Waals surface area contributed by atoms with Crippen molar-refractivity contribution in [1.29, 1.82) is 0 Å². The molecule has 2 aromatic rings. The fraction of sp³-hybridized carbons (Fsp3) is 0.381. The third-order valence-electron chi connectivity index (χ3n) is 4.64. The number of benzene rings is 2. The van der Waals surface area contributed by atoms with Gasteiger partial charge >= 0.3 is 0 Å². The molecule has 0 fully saturated rings. The molecule has 5 heteroatoms. The monoisotopic (exact) mass is 354 g/mol. The molecule has 1 aliphatic rings. The van der Waals surface area contributed by atoms with Crippen molar-refractivity contribution >= 4 is 11.6 Å². The van der Waals surface area contributed by atoms with E-state index < -0.39 is 0 Å². The quantitative estimate of drug-likeness (QED) is 0.799. The Bertz CT molecular complexity index is 745. The van der Waals surface area contributed by atoms with Crippen LogP contribution in [-0.2, 0) is 11.3 Å². The van der Waals surface area contributed by atoms with Crippen molar-refractivity contribution in [3.05, 3.63) is 59.7 Å². The summed E-state index contributed by atoms with van der Waals surface area (Å²) in [7, 11) is 3.49. The second kappa shape index (κ2) is 8.23. The van der Waals surface area contributed by atoms with Gasteiger partial charge in [-0.15, -0.1) is 0 Å². The van der Waals surface area contributed by atoms with E-state index in [2.05, 4.69) is 17.9 Å². The van der Waals surface area contributed by atoms with Crippen LogP contribution in [0.3, 0.4) is 0 Å². The lowest BCUT2D eigenvalue weighted by molar-refractivity contribution is 0.0709. The number of nitrogens with zero attached hydrogens (tertiary/aromatic N) is 2. The molecule has 0 N–H and O–H groups in total. The van der Waals surface area contributed by atoms with E-state index in [9.17, 15) is 4.79 Å². The molecular weight excluding hydrogens is 328 g/mol. The van der Waals surface area contributed by atoms with Crippen LogP contribution in [0.5, 0.6) is 5.75 Å². The van der Waals surface area contributed by atoms with E-state index in [0.29, 0.717) is 18.7 Å². The molecule has 0 spiro atoms. The first kappa shape index (κ1) is 18.3. The molecule has 0 saturated heterocycles. The maximum absolute atomic E-state index is 12.7. The van der Waals surface area contributed by atoms with E-state index in [1.165, 1.54) is 0 Å². The fourth-order valence-electron chi connectivity index (χ4n) is 3.29. The number of hydrogen-bond donors (Lipinski definition) is 0. The number of para-hydroxylation sites is 2. The molecule has 1 atom stereocenters. The molecule has 1 aliphatic heterocycles. The van der Waals surface area contributed by atoms with Gasteiger partial charge in [0.2, 0.25) is 0 Å². The molecule has 0 bridgehead atoms. The van der Waals surface area contributed by atoms with Crippen LogP contribution >= 0.6 is 0 Å². The number of hydrogen-bond acceptors (Lipinski definition) is 4. The largest absolute Gasteiger partial charge is 0.485 e. The highest BCUT2D eigenvalue weighted by atomic mass is 16.5. The number of ether oxygens (including phenoxy) is 2. The van der Waals surface area contributed by atoms with E-state index >= 15 is 0 Å². The lowest BCUT2D eigenvalue weighted by Gasteiger charge is -2.37. The first-order chi connectivity index (χ1) is 12.6. The van der Waals surface area contributed by atoms with Gasteiger partial charge in [-0.3, -0.25) is 4.79 Å². The lowest BCUT2D eigenvalue weighted by atomic mass is 10.1. The maximum Gasteiger partial charge on any atom is 0.253 e. The van der Waals surface area contributed by atoms with Crippen molar-refractivity contribution in [3.8, 4) is 5.75 Å². The molecular formula is C21H26N2O3. The van der Waals surface area contributed by atoms with Crippen LogP contribution < -0.4 is 9.64 Å². The molecule has 2 aromatic carbocycles. The summed E-state index contributed by atoms with van der Waals surface area (Å²) in [5.41, 5.74) is 2.85. The molecule has 3 rings (SSSR count). The van der Waals surface area contributed by atoms with Crippen molar-refractivity contribution < 1.29 is 14.3 Å². The van der Waals surface area contributed by atoms with Crippen molar-refractivity contribution in [1.82, 2.24) is 4.90 Å². The minimum absolute atomic E-state index is 0.000487. The van der Waals surface area contributed by atoms with Gasteiger partial charge < -0.3 is 19.3 Å². The third kappa shape index (κ3) is 3.99. The van der Waals surface area contributed by atoms with Crippen LogP contribution in [0.15, 0.2) is 48.5 Å². The van der Waals surface area contributed by atoms with Crippen LogP contribution in [-0.4, -0.2) is 50.7 Å². The topological polar surface area (TPSA) is 42.0 Å². The summed E-state index contributed by atoms with van der Waals surface area (Å²) < 4.78 is 11.2. The molecule has 1 heterocycles. The summed E-state index contributed by atoms with van der Waals surface area (Å²) in [5, 5.41) is 0. The standard InChI is InChI=1S/C21H26N2O3/c1-4-23-14-18(26-20-8-6-5-7-19(20)23)13-22(2)21(24)17-11-9-16(10-12-17)15-25-3/h5-12,18H,4,13-15H2,1-3H3/t18-/m1/s1. The molecule has 138 valence electrons. The van der Waals surface area contributed by atoms with E-state index in [-0.39, 0.29) is 12.0 Å². The van der Waals surface area contributed by atoms with Crippen LogP contribution in [0, 0.1) is 0 Å². The van der Waals surface area contributed by atoms with E-state index in [1.807, 2.05) is 49.5 Å². The molecule has 5 nitrogen and oxygen atoms in total. The van der Waals surface area contributed by atoms with Crippen LogP contribution in [0.25, 0.3) is 0 Å². The number of rotatable bonds is 6. The van der Waals surface area contributed by atoms with Gasteiger partial charge in [0.25, 0.3) is 5.91 Å². The highest BCUT2D eigenvalue weighted by Crippen LogP contribution is 2.32. The Balaban J connectivity index is 1.66. The molecule has 0 saturated carbocycles. The van der Waals surface area contributed by atoms with Crippen molar-refractivity contribution in [2.45, 2.75) is 19.6 Å². The number of carbonyl (C=O) groups excluding carboxylic acids is 1. The molecule has 0 aromatic heterocycles. The molecule has 0 radical (unpaired) electrons. The summed E-state index contributed by atoms with van der Waals surface area (Å²) in [6, 6.07) is 15.6. The van der Waals surface area contributed by atoms with Crippen LogP contribution in [0.4, 0.5) is 5.69 Å². The van der Waals surface area contributed by atoms with Crippen molar-refractivity contribution in [2.24, 2.45) is 0 Å². The Kier molecular flexibility index (Phi) is 5.78. The van der Waals surface area contributed by atoms with Gasteiger partial charge in [-0.05, 0) is 36.8 Å². The second-order valence-electron chi connectivity index (χ2n) is 6.56. The summed E-state index contributed by atoms with van der Waals surface area (Å²) in [6.07, 6.45) is -0.0495. The Morgan fingerprint density at radius 1 is 1.23 bits per heavy atom. The SMILES string of the molecule is CCN1C[C@@H](CN(C)C(=O)c2ccc(COC)cc2)Oc2ccccc21. The predicted octanol–water partition coefficient (Wildman–Crippen LogP) is 3.19. The van der Waals surface area contributed by atoms with Gasteiger partial charge in [-0.2, -0.15) is 0 Å². The summed E-state index contributed by atoms with van der Waals surface area (Å²) >= 11 is 0. The van der Waals surface area contributed by atoms with Crippen molar-refractivity contribution in [3.63, 3.8) is 0 Å². The third-order valence-corrected chi connectivity index (χ3v) is 4.64. The van der Waals surface area contributed by atoms with Crippen LogP contribution in [0.1, 0.15) is 22.8 Å². The maximum atomic E-state index is 12.7. The van der Waals surface area contributed by atoms with Gasteiger partial charge in [-0.1, -0.05) is 24.3 Å². The highest BCUT2D eigenvalue weighted by Gasteiger charge is 2.26. The fourth-order valence-corrected chi connectivity index (χ4v) is 3.29. The smallest absolute Gasteiger partial charge is 0.253 e. The Morgan fingerprint density at radius 2 is 1.96 bits per heavy atom. The molecule has 1 amide bonds. The van der Waals surface area contributed by atoms with Gasteiger partial charge in [-0.25, -0.2) is 0 Å². The number of carbonyl (C=O) groups is 1. The summed E-state index contributed by atoms with van der Waals surface area (Å²) in [4.78, 5) is 16.7. The average molecular weight is 354 g/mol. The second-order valence-corrected chi connectivity index (χ2v) is 6.56. The van der Waals surface area contributed by atoms with Crippen LogP contribution in [0.2, 0.25) is 0 Å². The van der Waals surface area contributed by atoms with E-state index in [0.717, 1.165) is 30.1 Å². The Morgan fingerprint density at radius 3 is 2.65 bits per heavy atom. The van der Waals surface area contributed by atoms with Gasteiger partial charge in [0.05, 0.1) is 25.4 Å². The number of methoxy groups -OCH3 is 1. The zero-order valence-corrected chi connectivity index (χ0v) is 15.6. The summed E-state index contributed by atoms with van der Waals surface area (Å²) in [6.45, 7) is 4.92. The number of amides is 1. The zero-order chi connectivity index (χ0) is 18.5. The first-order valence-electron chi connectivity index (χ1n) is 8.96. The minimum Gasteiger partial charge on any atom is -0.485 e. The summed E-state index contributed by atoms with van der Waals surface area (Å²) in [5.74, 6) is 0.884. The Hall–Kier alpha value is -2.53. The number of likely N-dealkylation sites (N-methyl/N-ethyl adjacent to an activating group) is 2. The predicted molar refractivity (Wildman–Crippen MR) is 103 cm³/mol. The van der Waals surface area contributed by atoms with E-state index in [1.54, 1.807) is 12.0 Å². The lowest BCUT2D eigenvalue weighted by Crippen LogP contribution is -2.46. The zero-order valence-electron chi connectivity index (χ0n) is 15.6. The first-order valence-corrected chi connectivity index (χ1v) is 8.96. The average Bonchev–Trinajstić information content (AvgIpc) is 2.67. The van der Waals surface area contributed by atoms with Gasteiger partial charge in [0.15, 0.2) is 0 Å². The van der Waals surface area contributed by atoms with Gasteiger partial charge in [0, 0.05) is 26.3 Å². The molecule has 26 heavy (non-hydrogen) atoms.